The number of fused-ring (bicyclic) bond motifs is 1. The van der Waals surface area contributed by atoms with Crippen LogP contribution in [0.2, 0.25) is 0 Å². The van der Waals surface area contributed by atoms with E-state index in [1.54, 1.807) is 29.3 Å². The summed E-state index contributed by atoms with van der Waals surface area (Å²) in [5.41, 5.74) is 1.79. The second kappa shape index (κ2) is 8.75. The van der Waals surface area contributed by atoms with Crippen LogP contribution in [0.15, 0.2) is 48.8 Å². The molecule has 2 fully saturated rings. The Hall–Kier alpha value is -3.42. The maximum Gasteiger partial charge on any atom is 0.243 e. The standard InChI is InChI=1S/C23H26N4O4/c1-15(28)26-13-18-10-20(23(30)25-12-16-4-3-9-24-11-16)22(27(18)21(29)14-26)17-5-7-19(31-2)8-6-17/h3-9,11,18,20,22H,10,12-14H2,1-2H3,(H,25,30)/t18-,20-,22-/m0/s1. The van der Waals surface area contributed by atoms with Crippen molar-refractivity contribution in [2.24, 2.45) is 5.92 Å². The number of benzene rings is 1. The van der Waals surface area contributed by atoms with Gasteiger partial charge in [0.25, 0.3) is 0 Å². The Kier molecular flexibility index (Phi) is 5.88. The number of nitrogens with one attached hydrogen (secondary N) is 1. The Morgan fingerprint density at radius 2 is 2.00 bits per heavy atom. The van der Waals surface area contributed by atoms with Crippen molar-refractivity contribution in [3.63, 3.8) is 0 Å². The van der Waals surface area contributed by atoms with Crippen LogP contribution in [0.4, 0.5) is 0 Å². The average molecular weight is 422 g/mol. The van der Waals surface area contributed by atoms with Crippen LogP contribution in [0.25, 0.3) is 0 Å². The number of amides is 3. The van der Waals surface area contributed by atoms with Crippen molar-refractivity contribution in [2.45, 2.75) is 32.0 Å². The molecule has 162 valence electrons. The summed E-state index contributed by atoms with van der Waals surface area (Å²) in [4.78, 5) is 45.6. The molecule has 1 aromatic heterocycles. The molecule has 2 aromatic rings. The maximum absolute atomic E-state index is 13.2. The molecule has 31 heavy (non-hydrogen) atoms. The van der Waals surface area contributed by atoms with Gasteiger partial charge in [-0.2, -0.15) is 0 Å². The van der Waals surface area contributed by atoms with Crippen molar-refractivity contribution in [2.75, 3.05) is 20.2 Å². The molecule has 0 bridgehead atoms. The van der Waals surface area contributed by atoms with Crippen LogP contribution in [-0.2, 0) is 20.9 Å². The fourth-order valence-electron chi connectivity index (χ4n) is 4.55. The number of carbonyl (C=O) groups is 3. The minimum Gasteiger partial charge on any atom is -0.497 e. The van der Waals surface area contributed by atoms with E-state index in [1.165, 1.54) is 6.92 Å². The van der Waals surface area contributed by atoms with Gasteiger partial charge in [0.2, 0.25) is 17.7 Å². The van der Waals surface area contributed by atoms with E-state index in [-0.39, 0.29) is 36.3 Å². The van der Waals surface area contributed by atoms with Crippen LogP contribution in [0.1, 0.15) is 30.5 Å². The smallest absolute Gasteiger partial charge is 0.243 e. The fraction of sp³-hybridized carbons (Fsp3) is 0.391. The van der Waals surface area contributed by atoms with Crippen molar-refractivity contribution < 1.29 is 19.1 Å². The van der Waals surface area contributed by atoms with E-state index in [9.17, 15) is 14.4 Å². The van der Waals surface area contributed by atoms with E-state index >= 15 is 0 Å². The van der Waals surface area contributed by atoms with Gasteiger partial charge in [-0.25, -0.2) is 0 Å². The number of carbonyl (C=O) groups excluding carboxylic acids is 3. The molecule has 1 N–H and O–H groups in total. The average Bonchev–Trinajstić information content (AvgIpc) is 3.18. The molecule has 3 heterocycles. The first-order valence-electron chi connectivity index (χ1n) is 10.3. The van der Waals surface area contributed by atoms with Crippen molar-refractivity contribution in [1.82, 2.24) is 20.1 Å². The van der Waals surface area contributed by atoms with Gasteiger partial charge < -0.3 is 19.9 Å². The fourth-order valence-corrected chi connectivity index (χ4v) is 4.55. The monoisotopic (exact) mass is 422 g/mol. The number of pyridine rings is 1. The van der Waals surface area contributed by atoms with Gasteiger partial charge in [0.15, 0.2) is 0 Å². The molecule has 3 amide bonds. The Bertz CT molecular complexity index is 963. The van der Waals surface area contributed by atoms with E-state index in [0.29, 0.717) is 25.3 Å². The van der Waals surface area contributed by atoms with Gasteiger partial charge in [-0.1, -0.05) is 18.2 Å². The van der Waals surface area contributed by atoms with Gasteiger partial charge in [-0.15, -0.1) is 0 Å². The first-order chi connectivity index (χ1) is 15.0. The van der Waals surface area contributed by atoms with Crippen LogP contribution >= 0.6 is 0 Å². The van der Waals surface area contributed by atoms with Crippen molar-refractivity contribution in [1.29, 1.82) is 0 Å². The third-order valence-electron chi connectivity index (χ3n) is 6.07. The van der Waals surface area contributed by atoms with Gasteiger partial charge in [-0.3, -0.25) is 19.4 Å². The van der Waals surface area contributed by atoms with Crippen molar-refractivity contribution >= 4 is 17.7 Å². The summed E-state index contributed by atoms with van der Waals surface area (Å²) in [6, 6.07) is 10.6. The highest BCUT2D eigenvalue weighted by atomic mass is 16.5. The highest BCUT2D eigenvalue weighted by Crippen LogP contribution is 2.43. The molecule has 2 aliphatic heterocycles. The lowest BCUT2D eigenvalue weighted by Gasteiger charge is -2.39. The molecule has 2 saturated heterocycles. The van der Waals surface area contributed by atoms with Gasteiger partial charge in [0, 0.05) is 32.4 Å². The van der Waals surface area contributed by atoms with Crippen molar-refractivity contribution in [3.05, 3.63) is 59.9 Å². The second-order valence-corrected chi connectivity index (χ2v) is 7.99. The number of ether oxygens (including phenoxy) is 1. The number of hydrogen-bond donors (Lipinski definition) is 1. The Morgan fingerprint density at radius 3 is 2.65 bits per heavy atom. The van der Waals surface area contributed by atoms with Crippen molar-refractivity contribution in [3.8, 4) is 5.75 Å². The highest BCUT2D eigenvalue weighted by Gasteiger charge is 2.50. The molecule has 0 saturated carbocycles. The zero-order chi connectivity index (χ0) is 22.0. The number of piperazine rings is 1. The van der Waals surface area contributed by atoms with Crippen LogP contribution in [-0.4, -0.2) is 58.7 Å². The predicted octanol–water partition coefficient (Wildman–Crippen LogP) is 1.53. The third-order valence-corrected chi connectivity index (χ3v) is 6.07. The second-order valence-electron chi connectivity index (χ2n) is 7.99. The molecule has 3 atom stereocenters. The molecule has 8 nitrogen and oxygen atoms in total. The lowest BCUT2D eigenvalue weighted by atomic mass is 9.92. The van der Waals surface area contributed by atoms with Crippen LogP contribution in [0, 0.1) is 5.92 Å². The minimum atomic E-state index is -0.411. The topological polar surface area (TPSA) is 91.8 Å². The highest BCUT2D eigenvalue weighted by molar-refractivity contribution is 5.88. The summed E-state index contributed by atoms with van der Waals surface area (Å²) in [6.45, 7) is 2.33. The zero-order valence-electron chi connectivity index (χ0n) is 17.7. The Balaban J connectivity index is 1.60. The largest absolute Gasteiger partial charge is 0.497 e. The summed E-state index contributed by atoms with van der Waals surface area (Å²) in [5, 5.41) is 3.00. The molecule has 4 rings (SSSR count). The molecule has 8 heteroatoms. The van der Waals surface area contributed by atoms with Crippen LogP contribution in [0.3, 0.4) is 0 Å². The molecule has 1 aromatic carbocycles. The van der Waals surface area contributed by atoms with Gasteiger partial charge in [0.05, 0.1) is 31.7 Å². The molecule has 0 aliphatic carbocycles. The summed E-state index contributed by atoms with van der Waals surface area (Å²) in [6.07, 6.45) is 3.91. The van der Waals surface area contributed by atoms with E-state index < -0.39 is 5.92 Å². The van der Waals surface area contributed by atoms with E-state index in [4.69, 9.17) is 4.74 Å². The van der Waals surface area contributed by atoms with Gasteiger partial charge in [-0.05, 0) is 35.7 Å². The minimum absolute atomic E-state index is 0.0442. The summed E-state index contributed by atoms with van der Waals surface area (Å²) in [7, 11) is 1.60. The van der Waals surface area contributed by atoms with Gasteiger partial charge >= 0.3 is 0 Å². The Morgan fingerprint density at radius 1 is 1.23 bits per heavy atom. The number of methoxy groups -OCH3 is 1. The lowest BCUT2D eigenvalue weighted by Crippen LogP contribution is -2.55. The molecule has 0 spiro atoms. The van der Waals surface area contributed by atoms with Gasteiger partial charge in [0.1, 0.15) is 5.75 Å². The normalized spacial score (nSPS) is 22.8. The Labute approximate surface area is 181 Å². The lowest BCUT2D eigenvalue weighted by molar-refractivity contribution is -0.148. The van der Waals surface area contributed by atoms with Crippen LogP contribution in [0.5, 0.6) is 5.75 Å². The molecular weight excluding hydrogens is 396 g/mol. The molecule has 0 unspecified atom stereocenters. The predicted molar refractivity (Wildman–Crippen MR) is 113 cm³/mol. The molecular formula is C23H26N4O4. The van der Waals surface area contributed by atoms with E-state index in [1.807, 2.05) is 36.4 Å². The summed E-state index contributed by atoms with van der Waals surface area (Å²) < 4.78 is 5.25. The van der Waals surface area contributed by atoms with E-state index in [2.05, 4.69) is 10.3 Å². The summed E-state index contributed by atoms with van der Waals surface area (Å²) >= 11 is 0. The molecule has 0 radical (unpaired) electrons. The number of rotatable bonds is 5. The quantitative estimate of drug-likeness (QED) is 0.789. The first-order valence-corrected chi connectivity index (χ1v) is 10.3. The maximum atomic E-state index is 13.2. The summed E-state index contributed by atoms with van der Waals surface area (Å²) in [5.74, 6) is -0.0657. The van der Waals surface area contributed by atoms with Crippen LogP contribution < -0.4 is 10.1 Å². The third kappa shape index (κ3) is 4.23. The first kappa shape index (κ1) is 20.8. The zero-order valence-corrected chi connectivity index (χ0v) is 17.7. The number of aromatic nitrogens is 1. The number of hydrogen-bond acceptors (Lipinski definition) is 5. The molecule has 2 aliphatic rings. The number of nitrogens with zero attached hydrogens (tertiary/aromatic N) is 3. The van der Waals surface area contributed by atoms with E-state index in [0.717, 1.165) is 11.1 Å². The SMILES string of the molecule is COc1ccc([C@H]2[C@@H](C(=O)NCc3cccnc3)C[C@H]3CN(C(C)=O)CC(=O)N32)cc1.